The largest absolute Gasteiger partial charge is 0.444 e. The van der Waals surface area contributed by atoms with E-state index in [1.165, 1.54) is 0 Å². The Labute approximate surface area is 218 Å². The maximum Gasteiger partial charge on any atom is 0.410 e. The Balaban J connectivity index is 2.12. The standard InChI is InChI=1S/C26H43N3O5SSi/c1-20(28-35(31,32)23-13-10-12-21-18-27-15-14-22(21)23)19-29(24(30)34-25(2,3)4)16-11-17-33-36(8,9)26(5,6)7/h10,12-15,18,20,28H,11,16-17,19H2,1-9H3/t20-/m1/s1. The van der Waals surface area contributed by atoms with Gasteiger partial charge in [0.05, 0.1) is 4.90 Å². The highest BCUT2D eigenvalue weighted by Crippen LogP contribution is 2.36. The van der Waals surface area contributed by atoms with Crippen molar-refractivity contribution in [3.05, 3.63) is 36.7 Å². The van der Waals surface area contributed by atoms with Gasteiger partial charge in [0, 0.05) is 48.9 Å². The Kier molecular flexibility index (Phi) is 9.72. The van der Waals surface area contributed by atoms with Crippen LogP contribution in [-0.4, -0.2) is 64.1 Å². The van der Waals surface area contributed by atoms with Gasteiger partial charge in [-0.1, -0.05) is 32.9 Å². The lowest BCUT2D eigenvalue weighted by Crippen LogP contribution is -2.46. The zero-order chi connectivity index (χ0) is 27.4. The summed E-state index contributed by atoms with van der Waals surface area (Å²) < 4.78 is 41.0. The third-order valence-electron chi connectivity index (χ3n) is 6.27. The van der Waals surface area contributed by atoms with Gasteiger partial charge in [0.25, 0.3) is 0 Å². The first kappa shape index (κ1) is 30.2. The quantitative estimate of drug-likeness (QED) is 0.315. The van der Waals surface area contributed by atoms with E-state index in [1.807, 2.05) is 26.8 Å². The number of rotatable bonds is 10. The molecule has 8 nitrogen and oxygen atoms in total. The van der Waals surface area contributed by atoms with E-state index in [0.717, 1.165) is 5.39 Å². The fourth-order valence-electron chi connectivity index (χ4n) is 3.41. The SMILES string of the molecule is C[C@H](CN(CCCO[Si](C)(C)C(C)(C)C)C(=O)OC(C)(C)C)NS(=O)(=O)c1cccc2cnccc12. The van der Waals surface area contributed by atoms with E-state index in [9.17, 15) is 13.2 Å². The predicted octanol–water partition coefficient (Wildman–Crippen LogP) is 5.55. The number of aromatic nitrogens is 1. The molecule has 1 aromatic heterocycles. The van der Waals surface area contributed by atoms with Crippen LogP contribution in [0, 0.1) is 0 Å². The molecule has 0 saturated heterocycles. The number of ether oxygens (including phenoxy) is 1. The average Bonchev–Trinajstić information content (AvgIpc) is 2.73. The predicted molar refractivity (Wildman–Crippen MR) is 147 cm³/mol. The van der Waals surface area contributed by atoms with E-state index in [4.69, 9.17) is 9.16 Å². The Morgan fingerprint density at radius 3 is 2.42 bits per heavy atom. The number of pyridine rings is 1. The maximum atomic E-state index is 13.2. The second kappa shape index (κ2) is 11.6. The summed E-state index contributed by atoms with van der Waals surface area (Å²) in [5.41, 5.74) is -0.660. The Hall–Kier alpha value is -2.01. The number of carbonyl (C=O) groups excluding carboxylic acids is 1. The maximum absolute atomic E-state index is 13.2. The number of carbonyl (C=O) groups is 1. The van der Waals surface area contributed by atoms with E-state index in [2.05, 4.69) is 43.6 Å². The van der Waals surface area contributed by atoms with E-state index in [1.54, 1.807) is 42.4 Å². The van der Waals surface area contributed by atoms with Crippen LogP contribution < -0.4 is 4.72 Å². The second-order valence-corrected chi connectivity index (χ2v) is 18.3. The third-order valence-corrected chi connectivity index (χ3v) is 12.5. The van der Waals surface area contributed by atoms with Gasteiger partial charge < -0.3 is 14.1 Å². The Morgan fingerprint density at radius 1 is 1.14 bits per heavy atom. The molecule has 2 aromatic rings. The molecule has 1 atom stereocenters. The van der Waals surface area contributed by atoms with E-state index in [0.29, 0.717) is 25.0 Å². The van der Waals surface area contributed by atoms with Crippen LogP contribution >= 0.6 is 0 Å². The summed E-state index contributed by atoms with van der Waals surface area (Å²) in [5.74, 6) is 0. The van der Waals surface area contributed by atoms with Crippen LogP contribution in [0.4, 0.5) is 4.79 Å². The minimum atomic E-state index is -3.83. The lowest BCUT2D eigenvalue weighted by molar-refractivity contribution is 0.0230. The van der Waals surface area contributed by atoms with Gasteiger partial charge in [0.2, 0.25) is 10.0 Å². The van der Waals surface area contributed by atoms with Crippen molar-refractivity contribution in [2.75, 3.05) is 19.7 Å². The van der Waals surface area contributed by atoms with Gasteiger partial charge in [0.1, 0.15) is 5.60 Å². The fraction of sp³-hybridized carbons (Fsp3) is 0.615. The second-order valence-electron chi connectivity index (χ2n) is 11.8. The highest BCUT2D eigenvalue weighted by Gasteiger charge is 2.37. The molecule has 1 amide bonds. The fourth-order valence-corrected chi connectivity index (χ4v) is 5.96. The molecule has 1 heterocycles. The summed E-state index contributed by atoms with van der Waals surface area (Å²) in [7, 11) is -5.73. The van der Waals surface area contributed by atoms with Gasteiger partial charge in [-0.05, 0) is 64.4 Å². The van der Waals surface area contributed by atoms with Gasteiger partial charge in [-0.25, -0.2) is 17.9 Å². The molecule has 0 aliphatic carbocycles. The van der Waals surface area contributed by atoms with Crippen molar-refractivity contribution in [3.8, 4) is 0 Å². The van der Waals surface area contributed by atoms with Crippen LogP contribution in [0.2, 0.25) is 18.1 Å². The molecule has 0 unspecified atom stereocenters. The first-order valence-electron chi connectivity index (χ1n) is 12.4. The van der Waals surface area contributed by atoms with Gasteiger partial charge in [-0.3, -0.25) is 4.98 Å². The molecule has 0 saturated carbocycles. The number of nitrogens with zero attached hydrogens (tertiary/aromatic N) is 2. The number of hydrogen-bond donors (Lipinski definition) is 1. The molecule has 36 heavy (non-hydrogen) atoms. The van der Waals surface area contributed by atoms with E-state index >= 15 is 0 Å². The minimum Gasteiger partial charge on any atom is -0.444 e. The number of amides is 1. The van der Waals surface area contributed by atoms with Crippen LogP contribution in [0.1, 0.15) is 54.9 Å². The molecule has 10 heteroatoms. The highest BCUT2D eigenvalue weighted by atomic mass is 32.2. The normalized spacial score (nSPS) is 14.0. The van der Waals surface area contributed by atoms with Crippen molar-refractivity contribution in [2.45, 2.75) is 89.6 Å². The molecule has 0 spiro atoms. The summed E-state index contributed by atoms with van der Waals surface area (Å²) in [6.07, 6.45) is 3.35. The molecule has 0 aliphatic rings. The number of hydrogen-bond acceptors (Lipinski definition) is 6. The summed E-state index contributed by atoms with van der Waals surface area (Å²) in [5, 5.41) is 1.44. The average molecular weight is 538 g/mol. The van der Waals surface area contributed by atoms with Crippen LogP contribution in [-0.2, 0) is 19.2 Å². The number of benzene rings is 1. The first-order valence-corrected chi connectivity index (χ1v) is 16.8. The molecule has 2 rings (SSSR count). The summed E-state index contributed by atoms with van der Waals surface area (Å²) in [6.45, 7) is 19.2. The Morgan fingerprint density at radius 2 is 1.81 bits per heavy atom. The van der Waals surface area contributed by atoms with Gasteiger partial charge in [-0.15, -0.1) is 0 Å². The van der Waals surface area contributed by atoms with Crippen LogP contribution in [0.25, 0.3) is 10.8 Å². The van der Waals surface area contributed by atoms with Crippen molar-refractivity contribution in [1.82, 2.24) is 14.6 Å². The molecular formula is C26H43N3O5SSi. The molecule has 202 valence electrons. The topological polar surface area (TPSA) is 97.8 Å². The molecule has 0 bridgehead atoms. The molecule has 0 aliphatic heterocycles. The highest BCUT2D eigenvalue weighted by molar-refractivity contribution is 7.89. The van der Waals surface area contributed by atoms with E-state index < -0.39 is 36.1 Å². The number of sulfonamides is 1. The van der Waals surface area contributed by atoms with Gasteiger partial charge >= 0.3 is 6.09 Å². The van der Waals surface area contributed by atoms with Crippen molar-refractivity contribution in [2.24, 2.45) is 0 Å². The molecule has 1 aromatic carbocycles. The lowest BCUT2D eigenvalue weighted by atomic mass is 10.2. The minimum absolute atomic E-state index is 0.0995. The van der Waals surface area contributed by atoms with Crippen molar-refractivity contribution >= 4 is 35.2 Å². The monoisotopic (exact) mass is 537 g/mol. The molecule has 0 fully saturated rings. The van der Waals surface area contributed by atoms with Crippen molar-refractivity contribution in [3.63, 3.8) is 0 Å². The third kappa shape index (κ3) is 8.54. The lowest BCUT2D eigenvalue weighted by Gasteiger charge is -2.36. The summed E-state index contributed by atoms with van der Waals surface area (Å²) in [4.78, 5) is 18.7. The summed E-state index contributed by atoms with van der Waals surface area (Å²) in [6, 6.07) is 6.23. The van der Waals surface area contributed by atoms with Crippen molar-refractivity contribution < 1.29 is 22.4 Å². The number of fused-ring (bicyclic) bond motifs is 1. The van der Waals surface area contributed by atoms with Gasteiger partial charge in [-0.2, -0.15) is 0 Å². The van der Waals surface area contributed by atoms with E-state index in [-0.39, 0.29) is 16.5 Å². The molecule has 1 N–H and O–H groups in total. The van der Waals surface area contributed by atoms with Crippen molar-refractivity contribution in [1.29, 1.82) is 0 Å². The number of nitrogens with one attached hydrogen (secondary N) is 1. The first-order chi connectivity index (χ1) is 16.4. The van der Waals surface area contributed by atoms with Crippen LogP contribution in [0.15, 0.2) is 41.6 Å². The smallest absolute Gasteiger partial charge is 0.410 e. The Bertz CT molecular complexity index is 1130. The zero-order valence-electron chi connectivity index (χ0n) is 23.2. The molecule has 0 radical (unpaired) electrons. The zero-order valence-corrected chi connectivity index (χ0v) is 25.0. The summed E-state index contributed by atoms with van der Waals surface area (Å²) >= 11 is 0. The molecular weight excluding hydrogens is 494 g/mol. The van der Waals surface area contributed by atoms with Gasteiger partial charge in [0.15, 0.2) is 8.32 Å². The van der Waals surface area contributed by atoms with Crippen LogP contribution in [0.5, 0.6) is 0 Å². The van der Waals surface area contributed by atoms with Crippen LogP contribution in [0.3, 0.4) is 0 Å².